The van der Waals surface area contributed by atoms with Crippen molar-refractivity contribution in [1.82, 2.24) is 4.98 Å². The fraction of sp³-hybridized carbons (Fsp3) is 0.158. The monoisotopic (exact) mass is 322 g/mol. The normalized spacial score (nSPS) is 10.5. The van der Waals surface area contributed by atoms with Gasteiger partial charge in [-0.2, -0.15) is 0 Å². The Balaban J connectivity index is 1.83. The third kappa shape index (κ3) is 3.15. The number of carbonyl (C=O) groups excluding carboxylic acids is 1. The van der Waals surface area contributed by atoms with Gasteiger partial charge in [0.25, 0.3) is 0 Å². The van der Waals surface area contributed by atoms with Crippen molar-refractivity contribution in [2.24, 2.45) is 0 Å². The van der Waals surface area contributed by atoms with Crippen LogP contribution in [0.2, 0.25) is 0 Å². The van der Waals surface area contributed by atoms with Crippen molar-refractivity contribution in [3.63, 3.8) is 0 Å². The summed E-state index contributed by atoms with van der Waals surface area (Å²) in [4.78, 5) is 17.8. The maximum Gasteiger partial charge on any atom is 0.337 e. The Hall–Kier alpha value is -3.08. The lowest BCUT2D eigenvalue weighted by atomic mass is 10.1. The zero-order valence-electron chi connectivity index (χ0n) is 13.8. The second-order valence-electron chi connectivity index (χ2n) is 5.54. The predicted octanol–water partition coefficient (Wildman–Crippen LogP) is 3.86. The van der Waals surface area contributed by atoms with Gasteiger partial charge in [0.15, 0.2) is 5.76 Å². The van der Waals surface area contributed by atoms with Gasteiger partial charge in [-0.3, -0.25) is 0 Å². The Morgan fingerprint density at radius 2 is 1.62 bits per heavy atom. The number of anilines is 1. The summed E-state index contributed by atoms with van der Waals surface area (Å²) in [5.74, 6) is 0.848. The number of methoxy groups -OCH3 is 1. The van der Waals surface area contributed by atoms with E-state index in [1.54, 1.807) is 30.5 Å². The Kier molecular flexibility index (Phi) is 4.33. The van der Waals surface area contributed by atoms with Crippen LogP contribution in [0.4, 0.5) is 5.69 Å². The summed E-state index contributed by atoms with van der Waals surface area (Å²) in [5, 5.41) is 0. The molecule has 0 fully saturated rings. The Morgan fingerprint density at radius 1 is 1.00 bits per heavy atom. The number of hydrogen-bond acceptors (Lipinski definition) is 5. The van der Waals surface area contributed by atoms with Crippen LogP contribution in [0.1, 0.15) is 10.4 Å². The summed E-state index contributed by atoms with van der Waals surface area (Å²) in [6.07, 6.45) is 1.70. The maximum absolute atomic E-state index is 11.5. The highest BCUT2D eigenvalue weighted by molar-refractivity contribution is 5.89. The fourth-order valence-electron chi connectivity index (χ4n) is 2.33. The molecule has 2 aromatic carbocycles. The van der Waals surface area contributed by atoms with Crippen LogP contribution in [0.3, 0.4) is 0 Å². The summed E-state index contributed by atoms with van der Waals surface area (Å²) in [6, 6.07) is 15.0. The zero-order valence-corrected chi connectivity index (χ0v) is 13.8. The van der Waals surface area contributed by atoms with Crippen molar-refractivity contribution in [2.75, 3.05) is 26.1 Å². The van der Waals surface area contributed by atoms with Gasteiger partial charge in [0.2, 0.25) is 5.89 Å². The van der Waals surface area contributed by atoms with E-state index in [-0.39, 0.29) is 5.97 Å². The summed E-state index contributed by atoms with van der Waals surface area (Å²) >= 11 is 0. The lowest BCUT2D eigenvalue weighted by molar-refractivity contribution is 0.0600. The highest BCUT2D eigenvalue weighted by Gasteiger charge is 2.10. The third-order valence-corrected chi connectivity index (χ3v) is 3.73. The van der Waals surface area contributed by atoms with Crippen molar-refractivity contribution < 1.29 is 13.9 Å². The van der Waals surface area contributed by atoms with Gasteiger partial charge in [0.1, 0.15) is 0 Å². The van der Waals surface area contributed by atoms with E-state index < -0.39 is 0 Å². The molecule has 0 bridgehead atoms. The molecule has 0 spiro atoms. The zero-order chi connectivity index (χ0) is 17.1. The minimum absolute atomic E-state index is 0.365. The highest BCUT2D eigenvalue weighted by Crippen LogP contribution is 2.27. The molecule has 3 rings (SSSR count). The van der Waals surface area contributed by atoms with Crippen molar-refractivity contribution in [3.8, 4) is 22.8 Å². The molecule has 0 aliphatic rings. The molecule has 0 amide bonds. The third-order valence-electron chi connectivity index (χ3n) is 3.73. The molecule has 0 saturated carbocycles. The molecule has 5 heteroatoms. The van der Waals surface area contributed by atoms with Crippen molar-refractivity contribution in [3.05, 3.63) is 60.3 Å². The van der Waals surface area contributed by atoms with Gasteiger partial charge in [-0.05, 0) is 48.5 Å². The molecule has 0 saturated heterocycles. The fourth-order valence-corrected chi connectivity index (χ4v) is 2.33. The highest BCUT2D eigenvalue weighted by atomic mass is 16.5. The Morgan fingerprint density at radius 3 is 2.21 bits per heavy atom. The van der Waals surface area contributed by atoms with Gasteiger partial charge in [-0.25, -0.2) is 9.78 Å². The van der Waals surface area contributed by atoms with Gasteiger partial charge in [-0.15, -0.1) is 0 Å². The van der Waals surface area contributed by atoms with Crippen LogP contribution >= 0.6 is 0 Å². The number of hydrogen-bond donors (Lipinski definition) is 0. The lowest BCUT2D eigenvalue weighted by Gasteiger charge is -2.11. The second kappa shape index (κ2) is 6.58. The van der Waals surface area contributed by atoms with Crippen LogP contribution < -0.4 is 4.90 Å². The molecule has 0 unspecified atom stereocenters. The number of nitrogens with zero attached hydrogens (tertiary/aromatic N) is 2. The van der Waals surface area contributed by atoms with Gasteiger partial charge >= 0.3 is 5.97 Å². The largest absolute Gasteiger partial charge is 0.465 e. The quantitative estimate of drug-likeness (QED) is 0.683. The molecular formula is C19H18N2O3. The SMILES string of the molecule is COC(=O)c1ccc(-c2ncc(-c3ccc(N(C)C)cc3)o2)cc1. The van der Waals surface area contributed by atoms with E-state index in [4.69, 9.17) is 4.42 Å². The van der Waals surface area contributed by atoms with E-state index in [1.807, 2.05) is 43.3 Å². The van der Waals surface area contributed by atoms with Crippen molar-refractivity contribution >= 4 is 11.7 Å². The van der Waals surface area contributed by atoms with E-state index in [2.05, 4.69) is 9.72 Å². The lowest BCUT2D eigenvalue weighted by Crippen LogP contribution is -2.07. The minimum atomic E-state index is -0.365. The van der Waals surface area contributed by atoms with Crippen LogP contribution in [0.5, 0.6) is 0 Å². The molecule has 122 valence electrons. The summed E-state index contributed by atoms with van der Waals surface area (Å²) in [6.45, 7) is 0. The first-order valence-corrected chi connectivity index (χ1v) is 7.51. The molecule has 1 aromatic heterocycles. The first-order chi connectivity index (χ1) is 11.6. The van der Waals surface area contributed by atoms with Crippen LogP contribution in [0, 0.1) is 0 Å². The predicted molar refractivity (Wildman–Crippen MR) is 93.0 cm³/mol. The number of aromatic nitrogens is 1. The smallest absolute Gasteiger partial charge is 0.337 e. The Bertz CT molecular complexity index is 834. The van der Waals surface area contributed by atoms with E-state index in [0.29, 0.717) is 17.2 Å². The standard InChI is InChI=1S/C19H18N2O3/c1-21(2)16-10-8-13(9-11-16)17-12-20-18(24-17)14-4-6-15(7-5-14)19(22)23-3/h4-12H,1-3H3. The number of carbonyl (C=O) groups is 1. The molecule has 0 radical (unpaired) electrons. The summed E-state index contributed by atoms with van der Waals surface area (Å²) in [5.41, 5.74) is 3.38. The van der Waals surface area contributed by atoms with Crippen LogP contribution in [0.15, 0.2) is 59.1 Å². The number of oxazole rings is 1. The van der Waals surface area contributed by atoms with Gasteiger partial charge in [0.05, 0.1) is 18.9 Å². The first-order valence-electron chi connectivity index (χ1n) is 7.51. The van der Waals surface area contributed by atoms with E-state index in [1.165, 1.54) is 7.11 Å². The van der Waals surface area contributed by atoms with E-state index in [9.17, 15) is 4.79 Å². The molecule has 24 heavy (non-hydrogen) atoms. The number of esters is 1. The van der Waals surface area contributed by atoms with Gasteiger partial charge in [0, 0.05) is 30.9 Å². The molecule has 3 aromatic rings. The molecule has 0 atom stereocenters. The topological polar surface area (TPSA) is 55.6 Å². The first kappa shape index (κ1) is 15.8. The van der Waals surface area contributed by atoms with Crippen LogP contribution in [-0.4, -0.2) is 32.2 Å². The molecule has 1 heterocycles. The van der Waals surface area contributed by atoms with Gasteiger partial charge in [-0.1, -0.05) is 0 Å². The van der Waals surface area contributed by atoms with E-state index >= 15 is 0 Å². The average Bonchev–Trinajstić information content (AvgIpc) is 3.11. The molecular weight excluding hydrogens is 304 g/mol. The average molecular weight is 322 g/mol. The van der Waals surface area contributed by atoms with Crippen LogP contribution in [0.25, 0.3) is 22.8 Å². The van der Waals surface area contributed by atoms with E-state index in [0.717, 1.165) is 16.8 Å². The molecule has 5 nitrogen and oxygen atoms in total. The summed E-state index contributed by atoms with van der Waals surface area (Å²) < 4.78 is 10.5. The minimum Gasteiger partial charge on any atom is -0.465 e. The molecule has 0 aliphatic heterocycles. The number of ether oxygens (including phenoxy) is 1. The molecule has 0 N–H and O–H groups in total. The van der Waals surface area contributed by atoms with Crippen LogP contribution in [-0.2, 0) is 4.74 Å². The summed E-state index contributed by atoms with van der Waals surface area (Å²) in [7, 11) is 5.36. The second-order valence-corrected chi connectivity index (χ2v) is 5.54. The van der Waals surface area contributed by atoms with Crippen molar-refractivity contribution in [2.45, 2.75) is 0 Å². The molecule has 0 aliphatic carbocycles. The van der Waals surface area contributed by atoms with Crippen molar-refractivity contribution in [1.29, 1.82) is 0 Å². The number of rotatable bonds is 4. The Labute approximate surface area is 140 Å². The maximum atomic E-state index is 11.5. The van der Waals surface area contributed by atoms with Gasteiger partial charge < -0.3 is 14.1 Å². The number of benzene rings is 2.